The van der Waals surface area contributed by atoms with Crippen LogP contribution in [0, 0.1) is 0 Å². The lowest BCUT2D eigenvalue weighted by Crippen LogP contribution is -2.46. The van der Waals surface area contributed by atoms with Crippen molar-refractivity contribution >= 4 is 29.2 Å². The number of benzene rings is 1. The Labute approximate surface area is 200 Å². The number of nitrogens with one attached hydrogen (secondary N) is 1. The van der Waals surface area contributed by atoms with E-state index >= 15 is 0 Å². The first-order valence-corrected chi connectivity index (χ1v) is 12.7. The zero-order valence-corrected chi connectivity index (χ0v) is 20.1. The van der Waals surface area contributed by atoms with E-state index in [1.54, 1.807) is 13.3 Å². The Kier molecular flexibility index (Phi) is 8.47. The molecule has 1 fully saturated rings. The third kappa shape index (κ3) is 6.87. The van der Waals surface area contributed by atoms with Gasteiger partial charge in [0.15, 0.2) is 5.16 Å². The van der Waals surface area contributed by atoms with Crippen LogP contribution in [0.5, 0.6) is 5.75 Å². The van der Waals surface area contributed by atoms with Gasteiger partial charge in [-0.2, -0.15) is 0 Å². The number of amides is 1. The second-order valence-electron chi connectivity index (χ2n) is 8.37. The van der Waals surface area contributed by atoms with Crippen LogP contribution in [0.3, 0.4) is 0 Å². The number of thioether (sulfide) groups is 1. The molecule has 176 valence electrons. The first-order chi connectivity index (χ1) is 16.2. The second kappa shape index (κ2) is 11.9. The lowest BCUT2D eigenvalue weighted by atomic mass is 9.97. The Balaban J connectivity index is 1.21. The number of rotatable bonds is 9. The Bertz CT molecular complexity index is 942. The summed E-state index contributed by atoms with van der Waals surface area (Å²) in [6.07, 6.45) is 10.0. The van der Waals surface area contributed by atoms with E-state index in [1.165, 1.54) is 48.7 Å². The number of anilines is 2. The number of nitrogens with zero attached hydrogens (tertiary/aromatic N) is 4. The molecule has 1 amide bonds. The number of hydrogen-bond acceptors (Lipinski definition) is 7. The number of aromatic nitrogens is 2. The Morgan fingerprint density at radius 3 is 2.61 bits per heavy atom. The Morgan fingerprint density at radius 1 is 1.09 bits per heavy atom. The van der Waals surface area contributed by atoms with Gasteiger partial charge in [0.1, 0.15) is 11.6 Å². The second-order valence-corrected chi connectivity index (χ2v) is 9.31. The van der Waals surface area contributed by atoms with Crippen LogP contribution in [-0.2, 0) is 4.79 Å². The molecule has 7 nitrogen and oxygen atoms in total. The third-order valence-electron chi connectivity index (χ3n) is 6.15. The first-order valence-electron chi connectivity index (χ1n) is 11.8. The smallest absolute Gasteiger partial charge is 0.230 e. The Hall–Kier alpha value is -2.74. The highest BCUT2D eigenvalue weighted by atomic mass is 32.2. The van der Waals surface area contributed by atoms with Crippen molar-refractivity contribution in [3.8, 4) is 5.75 Å². The van der Waals surface area contributed by atoms with Gasteiger partial charge in [-0.05, 0) is 62.4 Å². The molecule has 0 unspecified atom stereocenters. The Morgan fingerprint density at radius 2 is 1.88 bits per heavy atom. The number of ether oxygens (including phenoxy) is 1. The highest BCUT2D eigenvalue weighted by Crippen LogP contribution is 2.23. The molecule has 1 aromatic heterocycles. The molecule has 0 radical (unpaired) electrons. The van der Waals surface area contributed by atoms with Gasteiger partial charge in [0.2, 0.25) is 5.91 Å². The number of carbonyl (C=O) groups is 1. The molecule has 4 rings (SSSR count). The summed E-state index contributed by atoms with van der Waals surface area (Å²) in [5.41, 5.74) is 2.69. The van der Waals surface area contributed by atoms with E-state index in [0.717, 1.165) is 44.2 Å². The summed E-state index contributed by atoms with van der Waals surface area (Å²) in [6, 6.07) is 10.2. The van der Waals surface area contributed by atoms with E-state index in [9.17, 15) is 4.79 Å². The summed E-state index contributed by atoms with van der Waals surface area (Å²) >= 11 is 1.40. The first kappa shape index (κ1) is 23.4. The minimum absolute atomic E-state index is 0.0403. The van der Waals surface area contributed by atoms with Crippen LogP contribution in [-0.4, -0.2) is 61.5 Å². The van der Waals surface area contributed by atoms with E-state index in [2.05, 4.69) is 38.3 Å². The van der Waals surface area contributed by atoms with Crippen LogP contribution in [0.1, 0.15) is 32.1 Å². The van der Waals surface area contributed by atoms with Gasteiger partial charge in [-0.1, -0.05) is 23.4 Å². The normalized spacial score (nSPS) is 16.3. The van der Waals surface area contributed by atoms with E-state index in [-0.39, 0.29) is 5.91 Å². The van der Waals surface area contributed by atoms with Gasteiger partial charge in [-0.25, -0.2) is 9.97 Å². The number of carbonyl (C=O) groups excluding carboxylic acids is 1. The minimum atomic E-state index is 0.0403. The van der Waals surface area contributed by atoms with Gasteiger partial charge < -0.3 is 19.9 Å². The zero-order valence-electron chi connectivity index (χ0n) is 19.3. The minimum Gasteiger partial charge on any atom is -0.497 e. The summed E-state index contributed by atoms with van der Waals surface area (Å²) in [5, 5.41) is 3.67. The molecular formula is C25H33N5O2S. The van der Waals surface area contributed by atoms with Gasteiger partial charge in [0.25, 0.3) is 0 Å². The maximum absolute atomic E-state index is 12.2. The average molecular weight is 468 g/mol. The molecule has 0 atom stereocenters. The van der Waals surface area contributed by atoms with Crippen LogP contribution < -0.4 is 19.9 Å². The summed E-state index contributed by atoms with van der Waals surface area (Å²) in [4.78, 5) is 25.9. The zero-order chi connectivity index (χ0) is 22.9. The molecule has 2 heterocycles. The van der Waals surface area contributed by atoms with E-state index in [0.29, 0.717) is 17.5 Å². The van der Waals surface area contributed by atoms with Crippen LogP contribution in [0.2, 0.25) is 0 Å². The van der Waals surface area contributed by atoms with Crippen molar-refractivity contribution in [2.24, 2.45) is 0 Å². The fourth-order valence-electron chi connectivity index (χ4n) is 4.24. The van der Waals surface area contributed by atoms with Crippen molar-refractivity contribution in [2.45, 2.75) is 37.3 Å². The molecule has 0 spiro atoms. The van der Waals surface area contributed by atoms with Gasteiger partial charge in [-0.15, -0.1) is 0 Å². The molecule has 1 aliphatic carbocycles. The molecule has 2 aliphatic rings. The number of piperazine rings is 1. The largest absolute Gasteiger partial charge is 0.497 e. The average Bonchev–Trinajstić information content (AvgIpc) is 2.88. The molecule has 1 aliphatic heterocycles. The number of methoxy groups -OCH3 is 1. The van der Waals surface area contributed by atoms with Gasteiger partial charge in [0, 0.05) is 44.6 Å². The van der Waals surface area contributed by atoms with Crippen molar-refractivity contribution in [1.82, 2.24) is 15.3 Å². The number of hydrogen-bond donors (Lipinski definition) is 1. The molecule has 1 N–H and O–H groups in total. The summed E-state index contributed by atoms with van der Waals surface area (Å²) in [6.45, 7) is 4.35. The lowest BCUT2D eigenvalue weighted by Gasteiger charge is -2.36. The molecular weight excluding hydrogens is 434 g/mol. The quantitative estimate of drug-likeness (QED) is 0.341. The van der Waals surface area contributed by atoms with Crippen LogP contribution in [0.25, 0.3) is 0 Å². The maximum atomic E-state index is 12.2. The molecule has 2 aromatic rings. The highest BCUT2D eigenvalue weighted by Gasteiger charge is 2.19. The monoisotopic (exact) mass is 467 g/mol. The molecule has 0 bridgehead atoms. The van der Waals surface area contributed by atoms with Gasteiger partial charge in [-0.3, -0.25) is 4.79 Å². The summed E-state index contributed by atoms with van der Waals surface area (Å²) in [7, 11) is 1.69. The van der Waals surface area contributed by atoms with E-state index in [4.69, 9.17) is 9.72 Å². The standard InChI is InChI=1S/C25H33N5O2S/c1-32-22-9-7-21(8-10-22)29-15-17-30(18-16-29)23-12-14-27-25(28-23)33-19-24(31)26-13-11-20-5-3-2-4-6-20/h5,7-10,12,14H,2-4,6,11,13,15-19H2,1H3,(H,26,31). The van der Waals surface area contributed by atoms with Crippen LogP contribution in [0.4, 0.5) is 11.5 Å². The SMILES string of the molecule is COc1ccc(N2CCN(c3ccnc(SCC(=O)NCCC4=CCCCC4)n3)CC2)cc1. The van der Waals surface area contributed by atoms with Crippen molar-refractivity contribution in [2.75, 3.05) is 55.4 Å². The summed E-state index contributed by atoms with van der Waals surface area (Å²) in [5.74, 6) is 2.18. The predicted molar refractivity (Wildman–Crippen MR) is 134 cm³/mol. The fraction of sp³-hybridized carbons (Fsp3) is 0.480. The van der Waals surface area contributed by atoms with Crippen molar-refractivity contribution in [3.05, 3.63) is 48.2 Å². The fourth-order valence-corrected chi connectivity index (χ4v) is 4.90. The molecule has 0 saturated carbocycles. The van der Waals surface area contributed by atoms with Crippen LogP contribution >= 0.6 is 11.8 Å². The topological polar surface area (TPSA) is 70.6 Å². The van der Waals surface area contributed by atoms with Crippen molar-refractivity contribution in [1.29, 1.82) is 0 Å². The molecule has 1 aromatic carbocycles. The van der Waals surface area contributed by atoms with Crippen molar-refractivity contribution < 1.29 is 9.53 Å². The van der Waals surface area contributed by atoms with Crippen LogP contribution in [0.15, 0.2) is 53.3 Å². The maximum Gasteiger partial charge on any atom is 0.230 e. The van der Waals surface area contributed by atoms with Crippen molar-refractivity contribution in [3.63, 3.8) is 0 Å². The van der Waals surface area contributed by atoms with Gasteiger partial charge in [0.05, 0.1) is 12.9 Å². The number of allylic oxidation sites excluding steroid dienone is 1. The van der Waals surface area contributed by atoms with E-state index in [1.807, 2.05) is 18.2 Å². The highest BCUT2D eigenvalue weighted by molar-refractivity contribution is 7.99. The predicted octanol–water partition coefficient (Wildman–Crippen LogP) is 3.91. The van der Waals surface area contributed by atoms with E-state index < -0.39 is 0 Å². The molecule has 33 heavy (non-hydrogen) atoms. The van der Waals surface area contributed by atoms with Gasteiger partial charge >= 0.3 is 0 Å². The molecule has 8 heteroatoms. The molecule has 1 saturated heterocycles. The summed E-state index contributed by atoms with van der Waals surface area (Å²) < 4.78 is 5.25. The third-order valence-corrected chi connectivity index (χ3v) is 7.01. The lowest BCUT2D eigenvalue weighted by molar-refractivity contribution is -0.118.